The van der Waals surface area contributed by atoms with Crippen molar-refractivity contribution in [3.8, 4) is 0 Å². The van der Waals surface area contributed by atoms with Crippen LogP contribution in [0.25, 0.3) is 0 Å². The molecule has 14 heavy (non-hydrogen) atoms. The minimum absolute atomic E-state index is 0.0185. The van der Waals surface area contributed by atoms with Gasteiger partial charge in [-0.05, 0) is 6.42 Å². The van der Waals surface area contributed by atoms with E-state index in [0.717, 1.165) is 6.42 Å². The van der Waals surface area contributed by atoms with Gasteiger partial charge in [-0.3, -0.25) is 4.79 Å². The lowest BCUT2D eigenvalue weighted by Crippen LogP contribution is -2.26. The van der Waals surface area contributed by atoms with Gasteiger partial charge < -0.3 is 9.47 Å². The number of halogens is 1. The number of carbonyl (C=O) groups is 1. The van der Waals surface area contributed by atoms with Gasteiger partial charge in [-0.1, -0.05) is 42.4 Å². The van der Waals surface area contributed by atoms with Crippen molar-refractivity contribution in [1.29, 1.82) is 0 Å². The smallest absolute Gasteiger partial charge is 0.308 e. The third-order valence-corrected chi connectivity index (χ3v) is 4.37. The van der Waals surface area contributed by atoms with Crippen molar-refractivity contribution < 1.29 is 14.3 Å². The fourth-order valence-corrected chi connectivity index (χ4v) is 3.23. The minimum atomic E-state index is -0.101. The Morgan fingerprint density at radius 1 is 1.57 bits per heavy atom. The molecule has 0 radical (unpaired) electrons. The van der Waals surface area contributed by atoms with Crippen molar-refractivity contribution >= 4 is 28.6 Å². The number of alkyl halides is 1. The summed E-state index contributed by atoms with van der Waals surface area (Å²) in [5.41, 5.74) is 0. The molecule has 80 valence electrons. The number of esters is 1. The number of unbranched alkanes of at least 4 members (excludes halogenated alkanes) is 1. The maximum atomic E-state index is 11.0. The van der Waals surface area contributed by atoms with E-state index in [0.29, 0.717) is 16.4 Å². The van der Waals surface area contributed by atoms with Crippen molar-refractivity contribution in [1.82, 2.24) is 0 Å². The van der Waals surface area contributed by atoms with E-state index in [4.69, 9.17) is 9.47 Å². The van der Waals surface area contributed by atoms with Crippen LogP contribution in [0, 0.1) is 0 Å². The molecule has 2 fully saturated rings. The molecule has 0 unspecified atom stereocenters. The first kappa shape index (κ1) is 10.7. The molecule has 0 aliphatic carbocycles. The summed E-state index contributed by atoms with van der Waals surface area (Å²) in [6, 6.07) is 0. The molecular weight excluding hydrogens is 295 g/mol. The van der Waals surface area contributed by atoms with Gasteiger partial charge in [0.1, 0.15) is 12.2 Å². The molecule has 0 aromatic heterocycles. The van der Waals surface area contributed by atoms with Gasteiger partial charge in [0, 0.05) is 0 Å². The Morgan fingerprint density at radius 2 is 2.36 bits per heavy atom. The summed E-state index contributed by atoms with van der Waals surface area (Å²) in [5, 5.41) is 0. The summed E-state index contributed by atoms with van der Waals surface area (Å²) in [6.45, 7) is 2.18. The quantitative estimate of drug-likeness (QED) is 0.455. The molecule has 3 nitrogen and oxygen atoms in total. The van der Waals surface area contributed by atoms with E-state index < -0.39 is 0 Å². The fourth-order valence-electron chi connectivity index (χ4n) is 2.10. The highest BCUT2D eigenvalue weighted by atomic mass is 127. The Balaban J connectivity index is 1.91. The standard InChI is InChI=1S/C10H15IO3/c1-2-3-4-6-9(11)10-7(13-6)5-8(12)14-10/h6-7,9-10H,2-5H2,1H3/t6-,7-,9+,10+/m1/s1. The first-order chi connectivity index (χ1) is 6.72. The molecule has 0 aromatic rings. The minimum Gasteiger partial charge on any atom is -0.458 e. The lowest BCUT2D eigenvalue weighted by molar-refractivity contribution is -0.141. The highest BCUT2D eigenvalue weighted by molar-refractivity contribution is 14.1. The molecule has 2 rings (SSSR count). The van der Waals surface area contributed by atoms with Gasteiger partial charge in [-0.2, -0.15) is 0 Å². The van der Waals surface area contributed by atoms with E-state index >= 15 is 0 Å². The SMILES string of the molecule is CCCC[C@H]1O[C@@H]2CC(=O)O[C@@H]2[C@H]1I. The van der Waals surface area contributed by atoms with Crippen LogP contribution in [0.15, 0.2) is 0 Å². The second-order valence-electron chi connectivity index (χ2n) is 3.96. The molecule has 0 aromatic carbocycles. The van der Waals surface area contributed by atoms with Gasteiger partial charge in [-0.15, -0.1) is 0 Å². The summed E-state index contributed by atoms with van der Waals surface area (Å²) in [5.74, 6) is -0.101. The lowest BCUT2D eigenvalue weighted by atomic mass is 10.1. The zero-order valence-corrected chi connectivity index (χ0v) is 10.4. The topological polar surface area (TPSA) is 35.5 Å². The molecule has 2 aliphatic rings. The first-order valence-electron chi connectivity index (χ1n) is 5.21. The van der Waals surface area contributed by atoms with E-state index in [9.17, 15) is 4.79 Å². The molecule has 2 saturated heterocycles. The van der Waals surface area contributed by atoms with Crippen molar-refractivity contribution in [3.05, 3.63) is 0 Å². The molecule has 0 saturated carbocycles. The molecular formula is C10H15IO3. The highest BCUT2D eigenvalue weighted by Crippen LogP contribution is 2.37. The normalized spacial score (nSPS) is 41.1. The number of fused-ring (bicyclic) bond motifs is 1. The zero-order chi connectivity index (χ0) is 10.1. The maximum Gasteiger partial charge on any atom is 0.308 e. The van der Waals surface area contributed by atoms with Crippen molar-refractivity contribution in [2.75, 3.05) is 0 Å². The third kappa shape index (κ3) is 1.91. The largest absolute Gasteiger partial charge is 0.458 e. The second kappa shape index (κ2) is 4.35. The van der Waals surface area contributed by atoms with E-state index in [-0.39, 0.29) is 18.2 Å². The van der Waals surface area contributed by atoms with Crippen molar-refractivity contribution in [3.63, 3.8) is 0 Å². The Morgan fingerprint density at radius 3 is 3.00 bits per heavy atom. The van der Waals surface area contributed by atoms with Crippen LogP contribution in [0.3, 0.4) is 0 Å². The number of hydrogen-bond acceptors (Lipinski definition) is 3. The molecule has 2 aliphatic heterocycles. The van der Waals surface area contributed by atoms with Gasteiger partial charge in [0.15, 0.2) is 0 Å². The average molecular weight is 310 g/mol. The molecule has 0 N–H and O–H groups in total. The van der Waals surface area contributed by atoms with Crippen LogP contribution < -0.4 is 0 Å². The number of carbonyl (C=O) groups excluding carboxylic acids is 1. The zero-order valence-electron chi connectivity index (χ0n) is 8.24. The van der Waals surface area contributed by atoms with Gasteiger partial charge in [-0.25, -0.2) is 0 Å². The van der Waals surface area contributed by atoms with Gasteiger partial charge in [0.05, 0.1) is 16.4 Å². The number of ether oxygens (including phenoxy) is 2. The summed E-state index contributed by atoms with van der Waals surface area (Å²) >= 11 is 2.36. The van der Waals surface area contributed by atoms with Crippen LogP contribution >= 0.6 is 22.6 Å². The molecule has 0 amide bonds. The maximum absolute atomic E-state index is 11.0. The molecule has 4 atom stereocenters. The van der Waals surface area contributed by atoms with Crippen LogP contribution in [0.1, 0.15) is 32.6 Å². The van der Waals surface area contributed by atoms with E-state index in [1.165, 1.54) is 12.8 Å². The lowest BCUT2D eigenvalue weighted by Gasteiger charge is -2.15. The second-order valence-corrected chi connectivity index (χ2v) is 5.40. The Labute approximate surface area is 97.7 Å². The van der Waals surface area contributed by atoms with Crippen molar-refractivity contribution in [2.45, 2.75) is 54.8 Å². The number of rotatable bonds is 3. The monoisotopic (exact) mass is 310 g/mol. The summed E-state index contributed by atoms with van der Waals surface area (Å²) in [7, 11) is 0. The van der Waals surface area contributed by atoms with Crippen LogP contribution in [0.2, 0.25) is 0 Å². The predicted molar refractivity (Wildman–Crippen MR) is 60.5 cm³/mol. The van der Waals surface area contributed by atoms with Crippen LogP contribution in [-0.4, -0.2) is 28.2 Å². The van der Waals surface area contributed by atoms with E-state index in [1.54, 1.807) is 0 Å². The fraction of sp³-hybridized carbons (Fsp3) is 0.900. The Hall–Kier alpha value is 0.160. The molecule has 4 heteroatoms. The summed E-state index contributed by atoms with van der Waals surface area (Å²) in [6.07, 6.45) is 4.27. The van der Waals surface area contributed by atoms with Crippen LogP contribution in [-0.2, 0) is 14.3 Å². The van der Waals surface area contributed by atoms with Gasteiger partial charge >= 0.3 is 5.97 Å². The highest BCUT2D eigenvalue weighted by Gasteiger charge is 2.49. The van der Waals surface area contributed by atoms with E-state index in [1.807, 2.05) is 0 Å². The van der Waals surface area contributed by atoms with Crippen LogP contribution in [0.4, 0.5) is 0 Å². The summed E-state index contributed by atoms with van der Waals surface area (Å²) < 4.78 is 11.4. The van der Waals surface area contributed by atoms with Gasteiger partial charge in [0.2, 0.25) is 0 Å². The van der Waals surface area contributed by atoms with Gasteiger partial charge in [0.25, 0.3) is 0 Å². The first-order valence-corrected chi connectivity index (χ1v) is 6.46. The molecule has 0 spiro atoms. The predicted octanol–water partition coefficient (Wildman–Crippen LogP) is 2.06. The Bertz CT molecular complexity index is 231. The van der Waals surface area contributed by atoms with Crippen LogP contribution in [0.5, 0.6) is 0 Å². The Kier molecular flexibility index (Phi) is 3.31. The number of hydrogen-bond donors (Lipinski definition) is 0. The summed E-state index contributed by atoms with van der Waals surface area (Å²) in [4.78, 5) is 11.0. The molecule has 0 bridgehead atoms. The average Bonchev–Trinajstić information content (AvgIpc) is 2.63. The van der Waals surface area contributed by atoms with Crippen molar-refractivity contribution in [2.24, 2.45) is 0 Å². The molecule has 2 heterocycles. The van der Waals surface area contributed by atoms with E-state index in [2.05, 4.69) is 29.5 Å². The third-order valence-electron chi connectivity index (χ3n) is 2.86.